The Morgan fingerprint density at radius 3 is 2.73 bits per heavy atom. The number of para-hydroxylation sites is 2. The van der Waals surface area contributed by atoms with E-state index >= 15 is 0 Å². The number of likely N-dealkylation sites (N-methyl/N-ethyl adjacent to an activating group) is 1. The van der Waals surface area contributed by atoms with Gasteiger partial charge >= 0.3 is 0 Å². The van der Waals surface area contributed by atoms with Crippen LogP contribution in [0.5, 0.6) is 0 Å². The fourth-order valence-corrected chi connectivity index (χ4v) is 1.57. The Balaban J connectivity index is 2.43. The predicted octanol–water partition coefficient (Wildman–Crippen LogP) is 1.39. The Bertz CT molecular complexity index is 417. The zero-order valence-electron chi connectivity index (χ0n) is 8.97. The Hall–Kier alpha value is -1.39. The van der Waals surface area contributed by atoms with Crippen LogP contribution in [0.25, 0.3) is 11.1 Å². The molecular formula is C11H15N3O. The van der Waals surface area contributed by atoms with Crippen molar-refractivity contribution in [3.05, 3.63) is 30.2 Å². The molecule has 2 aromatic rings. The fourth-order valence-electron chi connectivity index (χ4n) is 1.57. The molecule has 0 aliphatic heterocycles. The molecule has 4 heteroatoms. The number of oxazole rings is 1. The van der Waals surface area contributed by atoms with E-state index in [1.807, 2.05) is 43.3 Å². The van der Waals surface area contributed by atoms with Gasteiger partial charge in [-0.3, -0.25) is 4.90 Å². The topological polar surface area (TPSA) is 55.3 Å². The molecule has 1 heterocycles. The number of hydrogen-bond acceptors (Lipinski definition) is 4. The summed E-state index contributed by atoms with van der Waals surface area (Å²) < 4.78 is 5.65. The van der Waals surface area contributed by atoms with E-state index in [0.29, 0.717) is 12.4 Å². The molecule has 80 valence electrons. The Kier molecular flexibility index (Phi) is 2.70. The third-order valence-electron chi connectivity index (χ3n) is 2.44. The largest absolute Gasteiger partial charge is 0.439 e. The molecule has 0 bridgehead atoms. The zero-order valence-corrected chi connectivity index (χ0v) is 8.97. The van der Waals surface area contributed by atoms with Gasteiger partial charge in [-0.15, -0.1) is 0 Å². The third-order valence-corrected chi connectivity index (χ3v) is 2.44. The van der Waals surface area contributed by atoms with Gasteiger partial charge in [0.25, 0.3) is 0 Å². The molecule has 2 rings (SSSR count). The highest BCUT2D eigenvalue weighted by Gasteiger charge is 2.18. The van der Waals surface area contributed by atoms with Crippen LogP contribution >= 0.6 is 0 Å². The lowest BCUT2D eigenvalue weighted by molar-refractivity contribution is 0.261. The van der Waals surface area contributed by atoms with Gasteiger partial charge in [-0.05, 0) is 26.2 Å². The van der Waals surface area contributed by atoms with Gasteiger partial charge in [-0.2, -0.15) is 0 Å². The molecule has 15 heavy (non-hydrogen) atoms. The monoisotopic (exact) mass is 205 g/mol. The molecule has 1 aromatic heterocycles. The molecule has 4 nitrogen and oxygen atoms in total. The van der Waals surface area contributed by atoms with Gasteiger partial charge in [0.15, 0.2) is 5.58 Å². The second-order valence-corrected chi connectivity index (χ2v) is 3.73. The first-order chi connectivity index (χ1) is 7.22. The lowest BCUT2D eigenvalue weighted by atomic mass is 10.3. The number of benzene rings is 1. The maximum absolute atomic E-state index is 5.69. The Labute approximate surface area is 88.7 Å². The average molecular weight is 205 g/mol. The van der Waals surface area contributed by atoms with Gasteiger partial charge in [0.1, 0.15) is 5.52 Å². The van der Waals surface area contributed by atoms with Crippen LogP contribution in [-0.2, 0) is 0 Å². The smallest absolute Gasteiger partial charge is 0.214 e. The molecule has 0 aliphatic carbocycles. The van der Waals surface area contributed by atoms with Crippen molar-refractivity contribution in [1.29, 1.82) is 0 Å². The van der Waals surface area contributed by atoms with Crippen LogP contribution in [-0.4, -0.2) is 30.5 Å². The summed E-state index contributed by atoms with van der Waals surface area (Å²) in [6.45, 7) is 0.500. The third kappa shape index (κ3) is 1.86. The molecule has 0 fully saturated rings. The van der Waals surface area contributed by atoms with Gasteiger partial charge in [0.2, 0.25) is 5.89 Å². The highest BCUT2D eigenvalue weighted by Crippen LogP contribution is 2.21. The normalized spacial score (nSPS) is 13.6. The van der Waals surface area contributed by atoms with Crippen LogP contribution in [0.4, 0.5) is 0 Å². The first kappa shape index (κ1) is 10.1. The van der Waals surface area contributed by atoms with Crippen molar-refractivity contribution < 1.29 is 4.42 Å². The minimum atomic E-state index is 0.0393. The van der Waals surface area contributed by atoms with Crippen molar-refractivity contribution in [3.63, 3.8) is 0 Å². The highest BCUT2D eigenvalue weighted by atomic mass is 16.3. The number of rotatable bonds is 3. The Morgan fingerprint density at radius 2 is 2.13 bits per heavy atom. The summed E-state index contributed by atoms with van der Waals surface area (Å²) >= 11 is 0. The van der Waals surface area contributed by atoms with E-state index in [1.54, 1.807) is 0 Å². The SMILES string of the molecule is CN(C)C(CN)c1nc2ccccc2o1. The lowest BCUT2D eigenvalue weighted by Crippen LogP contribution is -2.27. The van der Waals surface area contributed by atoms with E-state index < -0.39 is 0 Å². The quantitative estimate of drug-likeness (QED) is 0.822. The lowest BCUT2D eigenvalue weighted by Gasteiger charge is -2.18. The van der Waals surface area contributed by atoms with E-state index in [2.05, 4.69) is 4.98 Å². The van der Waals surface area contributed by atoms with Crippen LogP contribution in [0, 0.1) is 0 Å². The minimum absolute atomic E-state index is 0.0393. The van der Waals surface area contributed by atoms with E-state index in [1.165, 1.54) is 0 Å². The standard InChI is InChI=1S/C11H15N3O/c1-14(2)9(7-12)11-13-8-5-3-4-6-10(8)15-11/h3-6,9H,7,12H2,1-2H3. The van der Waals surface area contributed by atoms with Gasteiger partial charge in [0, 0.05) is 6.54 Å². The molecule has 1 atom stereocenters. The maximum Gasteiger partial charge on any atom is 0.214 e. The Morgan fingerprint density at radius 1 is 1.40 bits per heavy atom. The first-order valence-electron chi connectivity index (χ1n) is 4.94. The van der Waals surface area contributed by atoms with Crippen molar-refractivity contribution in [1.82, 2.24) is 9.88 Å². The van der Waals surface area contributed by atoms with Crippen LogP contribution in [0.2, 0.25) is 0 Å². The number of nitrogens with two attached hydrogens (primary N) is 1. The van der Waals surface area contributed by atoms with Crippen molar-refractivity contribution in [2.45, 2.75) is 6.04 Å². The van der Waals surface area contributed by atoms with Crippen molar-refractivity contribution >= 4 is 11.1 Å². The highest BCUT2D eigenvalue weighted by molar-refractivity contribution is 5.72. The number of hydrogen-bond donors (Lipinski definition) is 1. The average Bonchev–Trinajstić information content (AvgIpc) is 2.61. The van der Waals surface area contributed by atoms with Crippen molar-refractivity contribution in [2.75, 3.05) is 20.6 Å². The van der Waals surface area contributed by atoms with Crippen molar-refractivity contribution in [3.8, 4) is 0 Å². The summed E-state index contributed by atoms with van der Waals surface area (Å²) in [4.78, 5) is 6.42. The van der Waals surface area contributed by atoms with Gasteiger partial charge in [-0.1, -0.05) is 12.1 Å². The molecule has 0 saturated carbocycles. The zero-order chi connectivity index (χ0) is 10.8. The summed E-state index contributed by atoms with van der Waals surface area (Å²) in [5.41, 5.74) is 7.38. The van der Waals surface area contributed by atoms with E-state index in [0.717, 1.165) is 11.1 Å². The molecule has 0 aliphatic rings. The van der Waals surface area contributed by atoms with E-state index in [-0.39, 0.29) is 6.04 Å². The van der Waals surface area contributed by atoms with Gasteiger partial charge in [-0.25, -0.2) is 4.98 Å². The summed E-state index contributed by atoms with van der Waals surface area (Å²) in [5.74, 6) is 0.684. The second kappa shape index (κ2) is 4.00. The molecular weight excluding hydrogens is 190 g/mol. The van der Waals surface area contributed by atoms with Gasteiger partial charge in [0.05, 0.1) is 6.04 Å². The predicted molar refractivity (Wildman–Crippen MR) is 59.5 cm³/mol. The van der Waals surface area contributed by atoms with Gasteiger partial charge < -0.3 is 10.2 Å². The molecule has 1 aromatic carbocycles. The molecule has 0 saturated heterocycles. The fraction of sp³-hybridized carbons (Fsp3) is 0.364. The summed E-state index contributed by atoms with van der Waals surface area (Å²) in [6.07, 6.45) is 0. The summed E-state index contributed by atoms with van der Waals surface area (Å²) in [7, 11) is 3.93. The molecule has 0 radical (unpaired) electrons. The van der Waals surface area contributed by atoms with Crippen molar-refractivity contribution in [2.24, 2.45) is 5.73 Å². The first-order valence-corrected chi connectivity index (χ1v) is 4.94. The van der Waals surface area contributed by atoms with Crippen LogP contribution in [0.1, 0.15) is 11.9 Å². The molecule has 0 amide bonds. The minimum Gasteiger partial charge on any atom is -0.439 e. The number of nitrogens with zero attached hydrogens (tertiary/aromatic N) is 2. The maximum atomic E-state index is 5.69. The van der Waals surface area contributed by atoms with E-state index in [4.69, 9.17) is 10.2 Å². The molecule has 1 unspecified atom stereocenters. The number of aromatic nitrogens is 1. The van der Waals surface area contributed by atoms with Crippen LogP contribution < -0.4 is 5.73 Å². The molecule has 0 spiro atoms. The van der Waals surface area contributed by atoms with Crippen LogP contribution in [0.3, 0.4) is 0 Å². The van der Waals surface area contributed by atoms with E-state index in [9.17, 15) is 0 Å². The second-order valence-electron chi connectivity index (χ2n) is 3.73. The molecule has 2 N–H and O–H groups in total. The summed E-state index contributed by atoms with van der Waals surface area (Å²) in [5, 5.41) is 0. The number of fused-ring (bicyclic) bond motifs is 1. The van der Waals surface area contributed by atoms with Crippen LogP contribution in [0.15, 0.2) is 28.7 Å². The summed E-state index contributed by atoms with van der Waals surface area (Å²) in [6, 6.07) is 7.77.